The second kappa shape index (κ2) is 7.98. The van der Waals surface area contributed by atoms with Gasteiger partial charge < -0.3 is 14.8 Å². The summed E-state index contributed by atoms with van der Waals surface area (Å²) in [4.78, 5) is 28.1. The van der Waals surface area contributed by atoms with E-state index in [0.717, 1.165) is 68.6 Å². The zero-order valence-electron chi connectivity index (χ0n) is 17.6. The van der Waals surface area contributed by atoms with E-state index in [1.54, 1.807) is 0 Å². The van der Waals surface area contributed by atoms with Gasteiger partial charge in [0.05, 0.1) is 0 Å². The number of hydrogen-bond donors (Lipinski definition) is 1. The number of H-pyrrole nitrogens is 1. The van der Waals surface area contributed by atoms with E-state index in [-0.39, 0.29) is 5.91 Å². The van der Waals surface area contributed by atoms with Crippen LogP contribution in [0.3, 0.4) is 0 Å². The van der Waals surface area contributed by atoms with Crippen molar-refractivity contribution in [1.82, 2.24) is 19.8 Å². The maximum absolute atomic E-state index is 12.9. The summed E-state index contributed by atoms with van der Waals surface area (Å²) in [6.07, 6.45) is 7.86. The summed E-state index contributed by atoms with van der Waals surface area (Å²) < 4.78 is 0. The predicted molar refractivity (Wildman–Crippen MR) is 116 cm³/mol. The van der Waals surface area contributed by atoms with Crippen molar-refractivity contribution >= 4 is 22.8 Å². The molecule has 29 heavy (non-hydrogen) atoms. The van der Waals surface area contributed by atoms with Crippen molar-refractivity contribution in [2.24, 2.45) is 5.92 Å². The lowest BCUT2D eigenvalue weighted by molar-refractivity contribution is 0.0678. The highest BCUT2D eigenvalue weighted by atomic mass is 16.2. The molecule has 0 aromatic carbocycles. The minimum atomic E-state index is 0.112. The predicted octanol–water partition coefficient (Wildman–Crippen LogP) is 3.50. The molecule has 3 aliphatic rings. The van der Waals surface area contributed by atoms with Crippen LogP contribution >= 0.6 is 0 Å². The van der Waals surface area contributed by atoms with Crippen molar-refractivity contribution in [2.45, 2.75) is 51.5 Å². The van der Waals surface area contributed by atoms with E-state index in [1.807, 2.05) is 11.0 Å². The van der Waals surface area contributed by atoms with Gasteiger partial charge in [0, 0.05) is 50.7 Å². The lowest BCUT2D eigenvalue weighted by atomic mass is 10.00. The van der Waals surface area contributed by atoms with E-state index in [0.29, 0.717) is 11.6 Å². The fourth-order valence-corrected chi connectivity index (χ4v) is 5.42. The molecule has 1 unspecified atom stereocenters. The van der Waals surface area contributed by atoms with Crippen LogP contribution in [-0.2, 0) is 0 Å². The normalized spacial score (nSPS) is 24.5. The molecule has 156 valence electrons. The minimum Gasteiger partial charge on any atom is -0.354 e. The van der Waals surface area contributed by atoms with Gasteiger partial charge in [-0.15, -0.1) is 0 Å². The Balaban J connectivity index is 1.28. The molecule has 6 nitrogen and oxygen atoms in total. The van der Waals surface area contributed by atoms with E-state index in [9.17, 15) is 4.79 Å². The Morgan fingerprint density at radius 1 is 1.03 bits per heavy atom. The number of amides is 1. The van der Waals surface area contributed by atoms with Crippen molar-refractivity contribution < 1.29 is 4.79 Å². The highest BCUT2D eigenvalue weighted by Gasteiger charge is 2.27. The molecule has 2 aliphatic heterocycles. The van der Waals surface area contributed by atoms with Gasteiger partial charge in [0.1, 0.15) is 17.2 Å². The van der Waals surface area contributed by atoms with Crippen molar-refractivity contribution in [3.8, 4) is 0 Å². The van der Waals surface area contributed by atoms with Crippen LogP contribution in [0.5, 0.6) is 0 Å². The maximum Gasteiger partial charge on any atom is 0.270 e. The van der Waals surface area contributed by atoms with Crippen molar-refractivity contribution in [2.75, 3.05) is 44.2 Å². The minimum absolute atomic E-state index is 0.112. The number of anilines is 1. The number of aromatic amines is 1. The smallest absolute Gasteiger partial charge is 0.270 e. The topological polar surface area (TPSA) is 55.5 Å². The second-order valence-corrected chi connectivity index (χ2v) is 9.25. The number of carbonyl (C=O) groups excluding carboxylic acids is 1. The summed E-state index contributed by atoms with van der Waals surface area (Å²) in [5.41, 5.74) is 1.50. The number of piperidine rings is 1. The molecule has 2 aromatic rings. The first-order valence-corrected chi connectivity index (χ1v) is 11.5. The van der Waals surface area contributed by atoms with Gasteiger partial charge in [-0.05, 0) is 49.8 Å². The molecular formula is C23H33N5O. The Kier molecular flexibility index (Phi) is 5.20. The first-order valence-electron chi connectivity index (χ1n) is 11.5. The zero-order chi connectivity index (χ0) is 19.8. The fourth-order valence-electron chi connectivity index (χ4n) is 5.42. The van der Waals surface area contributed by atoms with Gasteiger partial charge in [-0.2, -0.15) is 0 Å². The standard InChI is InChI=1S/C23H33N5O/c1-17-5-4-10-28(16-17)23(29)20-15-18-8-9-21(25-22(18)24-20)27-13-11-26(12-14-27)19-6-2-3-7-19/h8-9,15,17,19H,2-7,10-14,16H2,1H3,(H,24,25). The largest absolute Gasteiger partial charge is 0.354 e. The van der Waals surface area contributed by atoms with Crippen molar-refractivity contribution in [3.63, 3.8) is 0 Å². The molecule has 1 N–H and O–H groups in total. The van der Waals surface area contributed by atoms with Crippen LogP contribution in [0.4, 0.5) is 5.82 Å². The van der Waals surface area contributed by atoms with Crippen LogP contribution in [-0.4, -0.2) is 71.0 Å². The Morgan fingerprint density at radius 2 is 1.83 bits per heavy atom. The molecule has 0 bridgehead atoms. The van der Waals surface area contributed by atoms with Crippen LogP contribution in [0.15, 0.2) is 18.2 Å². The van der Waals surface area contributed by atoms with Gasteiger partial charge in [-0.3, -0.25) is 9.69 Å². The summed E-state index contributed by atoms with van der Waals surface area (Å²) in [7, 11) is 0. The fraction of sp³-hybridized carbons (Fsp3) is 0.652. The van der Waals surface area contributed by atoms with Crippen LogP contribution in [0.25, 0.3) is 11.0 Å². The number of rotatable bonds is 3. The Hall–Kier alpha value is -2.08. The second-order valence-electron chi connectivity index (χ2n) is 9.25. The molecule has 4 heterocycles. The molecule has 3 fully saturated rings. The van der Waals surface area contributed by atoms with Gasteiger partial charge in [-0.25, -0.2) is 4.98 Å². The van der Waals surface area contributed by atoms with Crippen LogP contribution in [0.2, 0.25) is 0 Å². The molecular weight excluding hydrogens is 362 g/mol. The summed E-state index contributed by atoms with van der Waals surface area (Å²) in [6.45, 7) is 8.28. The molecule has 2 aromatic heterocycles. The Morgan fingerprint density at radius 3 is 2.59 bits per heavy atom. The van der Waals surface area contributed by atoms with Crippen molar-refractivity contribution in [3.05, 3.63) is 23.9 Å². The number of piperazine rings is 1. The first kappa shape index (κ1) is 18.9. The van der Waals surface area contributed by atoms with Gasteiger partial charge in [0.25, 0.3) is 5.91 Å². The number of pyridine rings is 1. The monoisotopic (exact) mass is 395 g/mol. The molecule has 5 rings (SSSR count). The molecule has 1 atom stereocenters. The third-order valence-corrected chi connectivity index (χ3v) is 7.12. The Labute approximate surface area is 173 Å². The quantitative estimate of drug-likeness (QED) is 0.864. The third kappa shape index (κ3) is 3.87. The van der Waals surface area contributed by atoms with Gasteiger partial charge in [0.15, 0.2) is 0 Å². The zero-order valence-corrected chi connectivity index (χ0v) is 17.6. The number of fused-ring (bicyclic) bond motifs is 1. The summed E-state index contributed by atoms with van der Waals surface area (Å²) in [5, 5.41) is 1.02. The average Bonchev–Trinajstić information content (AvgIpc) is 3.43. The number of nitrogens with zero attached hydrogens (tertiary/aromatic N) is 4. The first-order chi connectivity index (χ1) is 14.2. The van der Waals surface area contributed by atoms with Gasteiger partial charge >= 0.3 is 0 Å². The number of carbonyl (C=O) groups is 1. The molecule has 2 saturated heterocycles. The SMILES string of the molecule is CC1CCCN(C(=O)c2cc3ccc(N4CCN(C5CCCC5)CC4)nc3[nH]2)C1. The summed E-state index contributed by atoms with van der Waals surface area (Å²) in [5.74, 6) is 1.72. The summed E-state index contributed by atoms with van der Waals surface area (Å²) in [6, 6.07) is 6.99. The van der Waals surface area contributed by atoms with E-state index < -0.39 is 0 Å². The van der Waals surface area contributed by atoms with Gasteiger partial charge in [-0.1, -0.05) is 19.8 Å². The van der Waals surface area contributed by atoms with E-state index in [4.69, 9.17) is 4.98 Å². The van der Waals surface area contributed by atoms with Gasteiger partial charge in [0.2, 0.25) is 0 Å². The van der Waals surface area contributed by atoms with Crippen LogP contribution in [0, 0.1) is 5.92 Å². The highest BCUT2D eigenvalue weighted by molar-refractivity contribution is 5.97. The maximum atomic E-state index is 12.9. The molecule has 1 saturated carbocycles. The lowest BCUT2D eigenvalue weighted by Gasteiger charge is -2.38. The number of likely N-dealkylation sites (tertiary alicyclic amines) is 1. The third-order valence-electron chi connectivity index (χ3n) is 7.12. The lowest BCUT2D eigenvalue weighted by Crippen LogP contribution is -2.49. The van der Waals surface area contributed by atoms with E-state index in [2.05, 4.69) is 33.8 Å². The molecule has 0 spiro atoms. The highest BCUT2D eigenvalue weighted by Crippen LogP contribution is 2.26. The number of hydrogen-bond acceptors (Lipinski definition) is 4. The molecule has 0 radical (unpaired) electrons. The van der Waals surface area contributed by atoms with Crippen LogP contribution in [0.1, 0.15) is 55.9 Å². The Bertz CT molecular complexity index is 863. The number of nitrogens with one attached hydrogen (secondary N) is 1. The van der Waals surface area contributed by atoms with Crippen molar-refractivity contribution in [1.29, 1.82) is 0 Å². The summed E-state index contributed by atoms with van der Waals surface area (Å²) >= 11 is 0. The van der Waals surface area contributed by atoms with Crippen LogP contribution < -0.4 is 4.90 Å². The molecule has 1 amide bonds. The molecule has 6 heteroatoms. The molecule has 1 aliphatic carbocycles. The number of aromatic nitrogens is 2. The van der Waals surface area contributed by atoms with E-state index >= 15 is 0 Å². The average molecular weight is 396 g/mol. The van der Waals surface area contributed by atoms with E-state index in [1.165, 1.54) is 32.1 Å².